The third-order valence-corrected chi connectivity index (χ3v) is 2.44. The van der Waals surface area contributed by atoms with Crippen LogP contribution < -0.4 is 5.32 Å². The number of carbonyl (C=O) groups excluding carboxylic acids is 1. The molecule has 96 valence electrons. The predicted molar refractivity (Wildman–Crippen MR) is 65.5 cm³/mol. The zero-order valence-corrected chi connectivity index (χ0v) is 10.6. The van der Waals surface area contributed by atoms with Gasteiger partial charge in [0.2, 0.25) is 0 Å². The van der Waals surface area contributed by atoms with Gasteiger partial charge in [0.25, 0.3) is 5.91 Å². The minimum Gasteiger partial charge on any atom is -0.372 e. The van der Waals surface area contributed by atoms with E-state index in [1.807, 2.05) is 6.07 Å². The summed E-state index contributed by atoms with van der Waals surface area (Å²) in [6.07, 6.45) is 1.04. The average Bonchev–Trinajstić information content (AvgIpc) is 2.37. The molecule has 0 aliphatic carbocycles. The number of anilines is 1. The highest BCUT2D eigenvalue weighted by Gasteiger charge is 2.18. The van der Waals surface area contributed by atoms with Gasteiger partial charge in [0, 0.05) is 20.6 Å². The first-order valence-corrected chi connectivity index (χ1v) is 5.48. The van der Waals surface area contributed by atoms with Crippen molar-refractivity contribution >= 4 is 11.7 Å². The molecule has 1 rings (SSSR count). The molecule has 6 heteroatoms. The fraction of sp³-hybridized carbons (Fsp3) is 0.417. The lowest BCUT2D eigenvalue weighted by Gasteiger charge is -2.19. The molecule has 1 N–H and O–H groups in total. The van der Waals surface area contributed by atoms with Gasteiger partial charge >= 0.3 is 0 Å². The zero-order valence-electron chi connectivity index (χ0n) is 10.6. The number of halogens is 1. The van der Waals surface area contributed by atoms with Crippen molar-refractivity contribution in [3.8, 4) is 6.07 Å². The number of hydrogen-bond acceptors (Lipinski definition) is 4. The molecule has 1 aromatic heterocycles. The standard InChI is InChI=1S/C12H15FN4O/c1-8(5-14)7-17(3)12(18)10-4-9(13)6-16-11(10)15-2/h4,6,8H,7H2,1-3H3,(H,15,16). The van der Waals surface area contributed by atoms with Crippen LogP contribution in [-0.2, 0) is 0 Å². The van der Waals surface area contributed by atoms with E-state index in [1.54, 1.807) is 21.0 Å². The second kappa shape index (κ2) is 5.96. The molecule has 0 radical (unpaired) electrons. The molecule has 0 saturated carbocycles. The van der Waals surface area contributed by atoms with Crippen LogP contribution in [0.5, 0.6) is 0 Å². The Bertz CT molecular complexity index is 483. The zero-order chi connectivity index (χ0) is 13.7. The minimum atomic E-state index is -0.570. The Morgan fingerprint density at radius 1 is 1.72 bits per heavy atom. The van der Waals surface area contributed by atoms with Crippen LogP contribution in [0.4, 0.5) is 10.2 Å². The molecule has 18 heavy (non-hydrogen) atoms. The van der Waals surface area contributed by atoms with Gasteiger partial charge in [-0.3, -0.25) is 4.79 Å². The summed E-state index contributed by atoms with van der Waals surface area (Å²) in [6.45, 7) is 2.00. The van der Waals surface area contributed by atoms with E-state index in [0.29, 0.717) is 5.82 Å². The Morgan fingerprint density at radius 3 is 2.94 bits per heavy atom. The maximum atomic E-state index is 13.1. The number of nitriles is 1. The van der Waals surface area contributed by atoms with E-state index in [2.05, 4.69) is 10.3 Å². The van der Waals surface area contributed by atoms with Gasteiger partial charge in [0.1, 0.15) is 11.6 Å². The molecule has 0 fully saturated rings. The molecule has 0 aliphatic rings. The largest absolute Gasteiger partial charge is 0.372 e. The molecule has 0 spiro atoms. The monoisotopic (exact) mass is 250 g/mol. The van der Waals surface area contributed by atoms with Gasteiger partial charge in [-0.05, 0) is 13.0 Å². The van der Waals surface area contributed by atoms with Crippen LogP contribution in [0.3, 0.4) is 0 Å². The highest BCUT2D eigenvalue weighted by molar-refractivity contribution is 5.98. The van der Waals surface area contributed by atoms with Gasteiger partial charge < -0.3 is 10.2 Å². The SMILES string of the molecule is CNc1ncc(F)cc1C(=O)N(C)CC(C)C#N. The highest BCUT2D eigenvalue weighted by atomic mass is 19.1. The molecule has 0 aromatic carbocycles. The van der Waals surface area contributed by atoms with E-state index >= 15 is 0 Å². The lowest BCUT2D eigenvalue weighted by molar-refractivity contribution is 0.0785. The van der Waals surface area contributed by atoms with E-state index in [0.717, 1.165) is 12.3 Å². The average molecular weight is 250 g/mol. The summed E-state index contributed by atoms with van der Waals surface area (Å²) < 4.78 is 13.1. The van der Waals surface area contributed by atoms with Crippen LogP contribution in [0.15, 0.2) is 12.3 Å². The Hall–Kier alpha value is -2.16. The molecule has 1 heterocycles. The van der Waals surface area contributed by atoms with Crippen molar-refractivity contribution in [2.24, 2.45) is 5.92 Å². The molecule has 1 amide bonds. The van der Waals surface area contributed by atoms with Gasteiger partial charge in [0.15, 0.2) is 0 Å². The number of amides is 1. The Morgan fingerprint density at radius 2 is 2.39 bits per heavy atom. The normalized spacial score (nSPS) is 11.5. The van der Waals surface area contributed by atoms with Crippen molar-refractivity contribution < 1.29 is 9.18 Å². The van der Waals surface area contributed by atoms with Crippen molar-refractivity contribution in [3.63, 3.8) is 0 Å². The lowest BCUT2D eigenvalue weighted by atomic mass is 10.1. The van der Waals surface area contributed by atoms with Gasteiger partial charge in [-0.25, -0.2) is 9.37 Å². The summed E-state index contributed by atoms with van der Waals surface area (Å²) in [6, 6.07) is 3.18. The topological polar surface area (TPSA) is 69.0 Å². The molecule has 0 bridgehead atoms. The molecule has 5 nitrogen and oxygen atoms in total. The van der Waals surface area contributed by atoms with Crippen molar-refractivity contribution in [1.29, 1.82) is 5.26 Å². The number of carbonyl (C=O) groups is 1. The molecular weight excluding hydrogens is 235 g/mol. The van der Waals surface area contributed by atoms with Crippen LogP contribution in [-0.4, -0.2) is 36.4 Å². The number of nitrogens with one attached hydrogen (secondary N) is 1. The molecule has 1 unspecified atom stereocenters. The summed E-state index contributed by atoms with van der Waals surface area (Å²) in [5, 5.41) is 11.4. The number of nitrogens with zero attached hydrogens (tertiary/aromatic N) is 3. The van der Waals surface area contributed by atoms with Crippen LogP contribution in [0, 0.1) is 23.1 Å². The van der Waals surface area contributed by atoms with Gasteiger partial charge in [-0.1, -0.05) is 0 Å². The fourth-order valence-electron chi connectivity index (χ4n) is 1.54. The number of hydrogen-bond donors (Lipinski definition) is 1. The van der Waals surface area contributed by atoms with Crippen molar-refractivity contribution in [2.45, 2.75) is 6.92 Å². The van der Waals surface area contributed by atoms with Crippen molar-refractivity contribution in [3.05, 3.63) is 23.6 Å². The summed E-state index contributed by atoms with van der Waals surface area (Å²) in [4.78, 5) is 17.3. The second-order valence-electron chi connectivity index (χ2n) is 4.02. The van der Waals surface area contributed by atoms with E-state index < -0.39 is 5.82 Å². The van der Waals surface area contributed by atoms with Crippen LogP contribution in [0.1, 0.15) is 17.3 Å². The summed E-state index contributed by atoms with van der Waals surface area (Å²) >= 11 is 0. The van der Waals surface area contributed by atoms with Crippen LogP contribution in [0.2, 0.25) is 0 Å². The molecular formula is C12H15FN4O. The maximum absolute atomic E-state index is 13.1. The van der Waals surface area contributed by atoms with Gasteiger partial charge in [-0.15, -0.1) is 0 Å². The number of pyridine rings is 1. The number of rotatable bonds is 4. The predicted octanol–water partition coefficient (Wildman–Crippen LogP) is 1.49. The molecule has 1 atom stereocenters. The number of aromatic nitrogens is 1. The summed E-state index contributed by atoms with van der Waals surface area (Å²) in [5.74, 6) is -0.899. The first-order valence-electron chi connectivity index (χ1n) is 5.48. The quantitative estimate of drug-likeness (QED) is 0.879. The molecule has 0 saturated heterocycles. The smallest absolute Gasteiger partial charge is 0.257 e. The van der Waals surface area contributed by atoms with E-state index in [4.69, 9.17) is 5.26 Å². The summed E-state index contributed by atoms with van der Waals surface area (Å²) in [7, 11) is 3.18. The Labute approximate surface area is 105 Å². The van der Waals surface area contributed by atoms with Crippen molar-refractivity contribution in [1.82, 2.24) is 9.88 Å². The second-order valence-corrected chi connectivity index (χ2v) is 4.02. The van der Waals surface area contributed by atoms with E-state index in [1.165, 1.54) is 4.90 Å². The van der Waals surface area contributed by atoms with Crippen LogP contribution in [0.25, 0.3) is 0 Å². The van der Waals surface area contributed by atoms with E-state index in [9.17, 15) is 9.18 Å². The highest BCUT2D eigenvalue weighted by Crippen LogP contribution is 2.15. The molecule has 0 aliphatic heterocycles. The van der Waals surface area contributed by atoms with Gasteiger partial charge in [0.05, 0.1) is 23.7 Å². The Balaban J connectivity index is 2.96. The first kappa shape index (κ1) is 13.9. The minimum absolute atomic E-state index is 0.158. The fourth-order valence-corrected chi connectivity index (χ4v) is 1.54. The third kappa shape index (κ3) is 3.17. The Kier molecular flexibility index (Phi) is 4.60. The first-order chi connectivity index (χ1) is 8.49. The summed E-state index contributed by atoms with van der Waals surface area (Å²) in [5.41, 5.74) is 0.158. The van der Waals surface area contributed by atoms with Crippen LogP contribution >= 0.6 is 0 Å². The van der Waals surface area contributed by atoms with Gasteiger partial charge in [-0.2, -0.15) is 5.26 Å². The molecule has 1 aromatic rings. The maximum Gasteiger partial charge on any atom is 0.257 e. The third-order valence-electron chi connectivity index (χ3n) is 2.44. The van der Waals surface area contributed by atoms with Crippen molar-refractivity contribution in [2.75, 3.05) is 26.0 Å². The van der Waals surface area contributed by atoms with E-state index in [-0.39, 0.29) is 23.9 Å². The lowest BCUT2D eigenvalue weighted by Crippen LogP contribution is -2.31.